The molecule has 0 saturated carbocycles. The molecule has 0 aliphatic carbocycles. The van der Waals surface area contributed by atoms with Gasteiger partial charge in [0.25, 0.3) is 0 Å². The Morgan fingerprint density at radius 3 is 2.50 bits per heavy atom. The van der Waals surface area contributed by atoms with Crippen LogP contribution in [-0.2, 0) is 4.79 Å². The number of nitrogens with two attached hydrogens (primary N) is 1. The molecule has 72 valence electrons. The molecule has 12 heavy (non-hydrogen) atoms. The number of amides is 1. The lowest BCUT2D eigenvalue weighted by molar-refractivity contribution is -0.120. The largest absolute Gasteiger partial charge is 0.368 e. The third-order valence-electron chi connectivity index (χ3n) is 1.72. The lowest BCUT2D eigenvalue weighted by atomic mass is 10.2. The fraction of sp³-hybridized carbons (Fsp3) is 0.875. The number of hydrogen-bond donors (Lipinski definition) is 2. The molecule has 1 unspecified atom stereocenters. The van der Waals surface area contributed by atoms with Crippen molar-refractivity contribution in [2.75, 3.05) is 26.7 Å². The van der Waals surface area contributed by atoms with Crippen molar-refractivity contribution in [3.05, 3.63) is 0 Å². The van der Waals surface area contributed by atoms with E-state index in [4.69, 9.17) is 5.73 Å². The van der Waals surface area contributed by atoms with Gasteiger partial charge in [0.2, 0.25) is 5.91 Å². The molecule has 1 fully saturated rings. The van der Waals surface area contributed by atoms with Gasteiger partial charge in [-0.05, 0) is 7.05 Å². The van der Waals surface area contributed by atoms with E-state index in [1.54, 1.807) is 0 Å². The van der Waals surface area contributed by atoms with Crippen molar-refractivity contribution in [2.45, 2.75) is 19.9 Å². The fourth-order valence-electron chi connectivity index (χ4n) is 1.09. The Bertz CT molecular complexity index is 138. The van der Waals surface area contributed by atoms with Gasteiger partial charge in [0.1, 0.15) is 0 Å². The first kappa shape index (κ1) is 11.4. The minimum Gasteiger partial charge on any atom is -0.368 e. The average molecular weight is 173 g/mol. The lowest BCUT2D eigenvalue weighted by Crippen LogP contribution is -2.54. The van der Waals surface area contributed by atoms with E-state index in [2.05, 4.69) is 10.2 Å². The normalized spacial score (nSPS) is 24.1. The number of primary amides is 1. The zero-order valence-corrected chi connectivity index (χ0v) is 8.13. The van der Waals surface area contributed by atoms with Gasteiger partial charge in [0.05, 0.1) is 6.04 Å². The SMILES string of the molecule is CC.CN1CCNC(C(N)=O)C1. The van der Waals surface area contributed by atoms with Crippen molar-refractivity contribution in [1.82, 2.24) is 10.2 Å². The van der Waals surface area contributed by atoms with Crippen LogP contribution in [0.4, 0.5) is 0 Å². The summed E-state index contributed by atoms with van der Waals surface area (Å²) in [4.78, 5) is 12.7. The minimum absolute atomic E-state index is 0.154. The molecule has 1 heterocycles. The van der Waals surface area contributed by atoms with Crippen molar-refractivity contribution in [3.8, 4) is 0 Å². The van der Waals surface area contributed by atoms with E-state index < -0.39 is 0 Å². The molecule has 0 aromatic carbocycles. The van der Waals surface area contributed by atoms with Crippen LogP contribution < -0.4 is 11.1 Å². The molecule has 4 heteroatoms. The molecule has 1 saturated heterocycles. The van der Waals surface area contributed by atoms with Crippen molar-refractivity contribution in [1.29, 1.82) is 0 Å². The van der Waals surface area contributed by atoms with E-state index in [-0.39, 0.29) is 11.9 Å². The molecule has 1 rings (SSSR count). The number of nitrogens with one attached hydrogen (secondary N) is 1. The molecule has 0 bridgehead atoms. The van der Waals surface area contributed by atoms with Crippen LogP contribution in [-0.4, -0.2) is 43.5 Å². The van der Waals surface area contributed by atoms with Crippen LogP contribution in [0.15, 0.2) is 0 Å². The first-order valence-corrected chi connectivity index (χ1v) is 4.41. The molecule has 1 aliphatic rings. The molecule has 1 amide bonds. The Morgan fingerprint density at radius 2 is 2.17 bits per heavy atom. The van der Waals surface area contributed by atoms with Gasteiger partial charge in [-0.25, -0.2) is 0 Å². The number of nitrogens with zero attached hydrogens (tertiary/aromatic N) is 1. The molecule has 4 nitrogen and oxygen atoms in total. The fourth-order valence-corrected chi connectivity index (χ4v) is 1.09. The quantitative estimate of drug-likeness (QED) is 0.557. The van der Waals surface area contributed by atoms with Crippen LogP contribution in [0.2, 0.25) is 0 Å². The van der Waals surface area contributed by atoms with Crippen LogP contribution in [0.1, 0.15) is 13.8 Å². The smallest absolute Gasteiger partial charge is 0.235 e. The third kappa shape index (κ3) is 3.69. The molecule has 1 atom stereocenters. The van der Waals surface area contributed by atoms with Crippen molar-refractivity contribution in [3.63, 3.8) is 0 Å². The minimum atomic E-state index is -0.258. The van der Waals surface area contributed by atoms with E-state index in [0.29, 0.717) is 0 Å². The zero-order valence-electron chi connectivity index (χ0n) is 8.13. The molecule has 0 aromatic heterocycles. The monoisotopic (exact) mass is 173 g/mol. The average Bonchev–Trinajstić information content (AvgIpc) is 2.08. The number of carbonyl (C=O) groups is 1. The van der Waals surface area contributed by atoms with E-state index in [1.807, 2.05) is 20.9 Å². The summed E-state index contributed by atoms with van der Waals surface area (Å²) in [5.41, 5.74) is 5.10. The Hall–Kier alpha value is -0.610. The van der Waals surface area contributed by atoms with Crippen LogP contribution in [0, 0.1) is 0 Å². The van der Waals surface area contributed by atoms with Crippen LogP contribution in [0.3, 0.4) is 0 Å². The number of piperazine rings is 1. The van der Waals surface area contributed by atoms with Crippen molar-refractivity contribution >= 4 is 5.91 Å². The first-order chi connectivity index (χ1) is 5.70. The molecule has 3 N–H and O–H groups in total. The number of rotatable bonds is 1. The summed E-state index contributed by atoms with van der Waals surface area (Å²) < 4.78 is 0. The Kier molecular flexibility index (Phi) is 5.66. The highest BCUT2D eigenvalue weighted by Crippen LogP contribution is 1.93. The maximum Gasteiger partial charge on any atom is 0.235 e. The topological polar surface area (TPSA) is 58.4 Å². The van der Waals surface area contributed by atoms with E-state index >= 15 is 0 Å². The van der Waals surface area contributed by atoms with Gasteiger partial charge in [-0.2, -0.15) is 0 Å². The molecule has 0 aromatic rings. The summed E-state index contributed by atoms with van der Waals surface area (Å²) in [6.45, 7) is 6.57. The van der Waals surface area contributed by atoms with Gasteiger partial charge < -0.3 is 16.0 Å². The number of likely N-dealkylation sites (N-methyl/N-ethyl adjacent to an activating group) is 1. The summed E-state index contributed by atoms with van der Waals surface area (Å²) >= 11 is 0. The highest BCUT2D eigenvalue weighted by molar-refractivity contribution is 5.80. The second kappa shape index (κ2) is 5.97. The van der Waals surface area contributed by atoms with Gasteiger partial charge in [0.15, 0.2) is 0 Å². The second-order valence-corrected chi connectivity index (χ2v) is 2.67. The highest BCUT2D eigenvalue weighted by atomic mass is 16.1. The first-order valence-electron chi connectivity index (χ1n) is 4.41. The van der Waals surface area contributed by atoms with Gasteiger partial charge in [-0.3, -0.25) is 4.79 Å². The predicted octanol–water partition coefficient (Wildman–Crippen LogP) is -0.598. The van der Waals surface area contributed by atoms with Gasteiger partial charge >= 0.3 is 0 Å². The molecule has 0 radical (unpaired) electrons. The Labute approximate surface area is 74.1 Å². The van der Waals surface area contributed by atoms with Crippen molar-refractivity contribution in [2.24, 2.45) is 5.73 Å². The molecule has 0 spiro atoms. The van der Waals surface area contributed by atoms with Crippen LogP contribution in [0.25, 0.3) is 0 Å². The summed E-state index contributed by atoms with van der Waals surface area (Å²) in [6.07, 6.45) is 0. The highest BCUT2D eigenvalue weighted by Gasteiger charge is 2.20. The van der Waals surface area contributed by atoms with Gasteiger partial charge in [-0.1, -0.05) is 13.8 Å². The summed E-state index contributed by atoms with van der Waals surface area (Å²) in [5.74, 6) is -0.258. The van der Waals surface area contributed by atoms with E-state index in [9.17, 15) is 4.79 Å². The zero-order chi connectivity index (χ0) is 9.56. The predicted molar refractivity (Wildman–Crippen MR) is 49.8 cm³/mol. The Balaban J connectivity index is 0.000000561. The lowest BCUT2D eigenvalue weighted by Gasteiger charge is -2.28. The van der Waals surface area contributed by atoms with Crippen molar-refractivity contribution < 1.29 is 4.79 Å². The van der Waals surface area contributed by atoms with Gasteiger partial charge in [0, 0.05) is 19.6 Å². The van der Waals surface area contributed by atoms with E-state index in [0.717, 1.165) is 19.6 Å². The third-order valence-corrected chi connectivity index (χ3v) is 1.72. The second-order valence-electron chi connectivity index (χ2n) is 2.67. The molecular weight excluding hydrogens is 154 g/mol. The maximum atomic E-state index is 10.6. The van der Waals surface area contributed by atoms with Crippen LogP contribution >= 0.6 is 0 Å². The summed E-state index contributed by atoms with van der Waals surface area (Å²) in [7, 11) is 1.98. The van der Waals surface area contributed by atoms with Gasteiger partial charge in [-0.15, -0.1) is 0 Å². The number of hydrogen-bond acceptors (Lipinski definition) is 3. The van der Waals surface area contributed by atoms with E-state index in [1.165, 1.54) is 0 Å². The Morgan fingerprint density at radius 1 is 1.58 bits per heavy atom. The van der Waals surface area contributed by atoms with Crippen LogP contribution in [0.5, 0.6) is 0 Å². The molecular formula is C8H19N3O. The molecule has 1 aliphatic heterocycles. The number of carbonyl (C=O) groups excluding carboxylic acids is 1. The standard InChI is InChI=1S/C6H13N3O.C2H6/c1-9-3-2-8-5(4-9)6(7)10;1-2/h5,8H,2-4H2,1H3,(H2,7,10);1-2H3. The maximum absolute atomic E-state index is 10.6. The summed E-state index contributed by atoms with van der Waals surface area (Å²) in [5, 5.41) is 3.03. The summed E-state index contributed by atoms with van der Waals surface area (Å²) in [6, 6.07) is -0.154.